The molecule has 7 rings (SSSR count). The van der Waals surface area contributed by atoms with Gasteiger partial charge in [0.25, 0.3) is 0 Å². The van der Waals surface area contributed by atoms with E-state index in [9.17, 15) is 9.90 Å². The van der Waals surface area contributed by atoms with E-state index in [0.717, 1.165) is 66.0 Å². The molecule has 0 saturated carbocycles. The molecule has 0 aliphatic carbocycles. The molecule has 0 radical (unpaired) electrons. The second kappa shape index (κ2) is 11.2. The van der Waals surface area contributed by atoms with Crippen molar-refractivity contribution in [3.8, 4) is 5.88 Å². The van der Waals surface area contributed by atoms with Gasteiger partial charge in [0.1, 0.15) is 18.1 Å². The first-order valence-electron chi connectivity index (χ1n) is 13.9. The summed E-state index contributed by atoms with van der Waals surface area (Å²) in [5.41, 5.74) is 5.21. The zero-order valence-corrected chi connectivity index (χ0v) is 23.5. The summed E-state index contributed by atoms with van der Waals surface area (Å²) in [5, 5.41) is 10.9. The maximum atomic E-state index is 11.6. The van der Waals surface area contributed by atoms with Crippen LogP contribution in [0.1, 0.15) is 40.4 Å². The fraction of sp³-hybridized carbons (Fsp3) is 0.290. The fourth-order valence-electron chi connectivity index (χ4n) is 5.45. The maximum Gasteiger partial charge on any atom is 0.335 e. The summed E-state index contributed by atoms with van der Waals surface area (Å²) in [5.74, 6) is 0.481. The van der Waals surface area contributed by atoms with Gasteiger partial charge in [-0.05, 0) is 48.7 Å². The van der Waals surface area contributed by atoms with Gasteiger partial charge in [0.05, 0.1) is 52.8 Å². The molecule has 0 amide bonds. The van der Waals surface area contributed by atoms with E-state index in [1.807, 2.05) is 24.3 Å². The van der Waals surface area contributed by atoms with Gasteiger partial charge < -0.3 is 23.6 Å². The molecule has 42 heavy (non-hydrogen) atoms. The van der Waals surface area contributed by atoms with Crippen molar-refractivity contribution in [2.45, 2.75) is 38.6 Å². The molecular weight excluding hydrogens is 558 g/mol. The minimum Gasteiger partial charge on any atom is -0.478 e. The molecule has 2 aliphatic heterocycles. The van der Waals surface area contributed by atoms with Gasteiger partial charge in [-0.15, -0.1) is 0 Å². The fourth-order valence-corrected chi connectivity index (χ4v) is 5.65. The molecule has 2 aliphatic rings. The van der Waals surface area contributed by atoms with Crippen LogP contribution in [-0.4, -0.2) is 61.3 Å². The molecule has 6 heterocycles. The number of furan rings is 1. The molecule has 1 fully saturated rings. The van der Waals surface area contributed by atoms with Crippen LogP contribution in [0.4, 0.5) is 0 Å². The highest BCUT2D eigenvalue weighted by atomic mass is 35.5. The number of nitrogens with zero attached hydrogens (tertiary/aromatic N) is 5. The van der Waals surface area contributed by atoms with Crippen molar-refractivity contribution < 1.29 is 23.8 Å². The van der Waals surface area contributed by atoms with Crippen molar-refractivity contribution >= 4 is 45.1 Å². The molecule has 5 aromatic rings. The number of carbonyl (C=O) groups is 1. The highest BCUT2D eigenvalue weighted by Crippen LogP contribution is 2.28. The van der Waals surface area contributed by atoms with Crippen LogP contribution in [0.5, 0.6) is 5.88 Å². The summed E-state index contributed by atoms with van der Waals surface area (Å²) in [4.78, 5) is 27.9. The Morgan fingerprint density at radius 1 is 1.19 bits per heavy atom. The number of hydrogen-bond acceptors (Lipinski definition) is 8. The lowest BCUT2D eigenvalue weighted by Crippen LogP contribution is -2.33. The monoisotopic (exact) mass is 585 g/mol. The summed E-state index contributed by atoms with van der Waals surface area (Å²) in [6.07, 6.45) is 7.35. The Kier molecular flexibility index (Phi) is 7.10. The average molecular weight is 586 g/mol. The second-order valence-corrected chi connectivity index (χ2v) is 10.9. The van der Waals surface area contributed by atoms with Gasteiger partial charge in [0, 0.05) is 37.3 Å². The number of carboxylic acid groups (broad SMARTS) is 1. The van der Waals surface area contributed by atoms with Crippen LogP contribution in [0, 0.1) is 0 Å². The van der Waals surface area contributed by atoms with Gasteiger partial charge in [-0.3, -0.25) is 9.88 Å². The SMILES string of the molecule is O=C(O)c1ccc2nc(CN3CC=C(c4cccc(OCc5ncc(Cl)c6ccoc56)n4)CC3)n(C[C@@H]3CCO3)c2c1. The number of fused-ring (bicyclic) bond motifs is 2. The standard InChI is InChI=1S/C31H28ClN5O5/c32-23-15-33-26(30-22(23)9-13-41-30)18-42-29-3-1-2-24(35-29)19-6-10-36(11-7-19)17-28-34-25-5-4-20(31(38)39)14-27(25)37(28)16-21-8-12-40-21/h1-6,9,13-15,21H,7-8,10-12,16-18H2,(H,38,39)/t21-/m0/s1. The second-order valence-electron chi connectivity index (χ2n) is 10.5. The predicted octanol–water partition coefficient (Wildman–Crippen LogP) is 5.58. The van der Waals surface area contributed by atoms with Crippen molar-refractivity contribution in [3.63, 3.8) is 0 Å². The number of rotatable bonds is 9. The highest BCUT2D eigenvalue weighted by Gasteiger charge is 2.24. The molecule has 10 nitrogen and oxygen atoms in total. The van der Waals surface area contributed by atoms with E-state index in [-0.39, 0.29) is 18.3 Å². The first kappa shape index (κ1) is 26.6. The smallest absolute Gasteiger partial charge is 0.335 e. The molecule has 214 valence electrons. The first-order chi connectivity index (χ1) is 20.5. The molecule has 11 heteroatoms. The van der Waals surface area contributed by atoms with Gasteiger partial charge in [-0.25, -0.2) is 14.8 Å². The number of pyridine rings is 2. The summed E-state index contributed by atoms with van der Waals surface area (Å²) in [6.45, 7) is 3.88. The van der Waals surface area contributed by atoms with Gasteiger partial charge in [-0.1, -0.05) is 23.7 Å². The third-order valence-corrected chi connectivity index (χ3v) is 8.14. The van der Waals surface area contributed by atoms with Crippen LogP contribution < -0.4 is 4.74 Å². The van der Waals surface area contributed by atoms with Gasteiger partial charge in [-0.2, -0.15) is 0 Å². The van der Waals surface area contributed by atoms with E-state index in [2.05, 4.69) is 20.5 Å². The number of imidazole rings is 1. The van der Waals surface area contributed by atoms with Crippen LogP contribution in [0.2, 0.25) is 5.02 Å². The summed E-state index contributed by atoms with van der Waals surface area (Å²) in [6, 6.07) is 12.7. The van der Waals surface area contributed by atoms with Crippen molar-refractivity contribution in [3.05, 3.63) is 88.8 Å². The summed E-state index contributed by atoms with van der Waals surface area (Å²) < 4.78 is 19.4. The average Bonchev–Trinajstić information content (AvgIpc) is 3.61. The number of halogens is 1. The third-order valence-electron chi connectivity index (χ3n) is 7.84. The van der Waals surface area contributed by atoms with Gasteiger partial charge in [0.2, 0.25) is 5.88 Å². The molecule has 1 aromatic carbocycles. The maximum absolute atomic E-state index is 11.6. The van der Waals surface area contributed by atoms with Gasteiger partial charge in [0.15, 0.2) is 5.58 Å². The summed E-state index contributed by atoms with van der Waals surface area (Å²) in [7, 11) is 0. The van der Waals surface area contributed by atoms with Crippen molar-refractivity contribution in [1.82, 2.24) is 24.4 Å². The molecular formula is C31H28ClN5O5. The Bertz CT molecular complexity index is 1830. The molecule has 4 aromatic heterocycles. The van der Waals surface area contributed by atoms with Crippen LogP contribution in [-0.2, 0) is 24.4 Å². The van der Waals surface area contributed by atoms with E-state index in [1.54, 1.807) is 30.7 Å². The quantitative estimate of drug-likeness (QED) is 0.236. The third kappa shape index (κ3) is 5.24. The van der Waals surface area contributed by atoms with E-state index in [1.165, 1.54) is 0 Å². The Balaban J connectivity index is 1.05. The molecule has 1 saturated heterocycles. The Morgan fingerprint density at radius 2 is 2.10 bits per heavy atom. The number of benzene rings is 1. The Morgan fingerprint density at radius 3 is 2.88 bits per heavy atom. The van der Waals surface area contributed by atoms with Crippen LogP contribution >= 0.6 is 11.6 Å². The van der Waals surface area contributed by atoms with Crippen molar-refractivity contribution in [1.29, 1.82) is 0 Å². The van der Waals surface area contributed by atoms with Crippen LogP contribution in [0.3, 0.4) is 0 Å². The van der Waals surface area contributed by atoms with Crippen LogP contribution in [0.25, 0.3) is 27.6 Å². The Hall–Kier alpha value is -4.25. The summed E-state index contributed by atoms with van der Waals surface area (Å²) >= 11 is 6.21. The number of aromatic carboxylic acids is 1. The van der Waals surface area contributed by atoms with E-state index in [4.69, 9.17) is 35.5 Å². The molecule has 1 N–H and O–H groups in total. The number of aromatic nitrogens is 4. The van der Waals surface area contributed by atoms with Crippen molar-refractivity contribution in [2.75, 3.05) is 19.7 Å². The largest absolute Gasteiger partial charge is 0.478 e. The normalized spacial score (nSPS) is 17.4. The molecule has 1 atom stereocenters. The molecule has 0 unspecified atom stereocenters. The lowest BCUT2D eigenvalue weighted by atomic mass is 10.0. The van der Waals surface area contributed by atoms with E-state index < -0.39 is 5.97 Å². The van der Waals surface area contributed by atoms with E-state index >= 15 is 0 Å². The van der Waals surface area contributed by atoms with E-state index in [0.29, 0.717) is 35.3 Å². The topological polar surface area (TPSA) is 116 Å². The minimum atomic E-state index is -0.945. The van der Waals surface area contributed by atoms with Crippen LogP contribution in [0.15, 0.2) is 65.4 Å². The number of ether oxygens (including phenoxy) is 2. The minimum absolute atomic E-state index is 0.128. The predicted molar refractivity (Wildman–Crippen MR) is 157 cm³/mol. The Labute approximate surface area is 246 Å². The van der Waals surface area contributed by atoms with Gasteiger partial charge >= 0.3 is 5.97 Å². The first-order valence-corrected chi connectivity index (χ1v) is 14.3. The molecule has 0 bridgehead atoms. The zero-order chi connectivity index (χ0) is 28.6. The highest BCUT2D eigenvalue weighted by molar-refractivity contribution is 6.35. The zero-order valence-electron chi connectivity index (χ0n) is 22.7. The molecule has 0 spiro atoms. The number of carboxylic acids is 1. The number of hydrogen-bond donors (Lipinski definition) is 1. The lowest BCUT2D eigenvalue weighted by molar-refractivity contribution is -0.0591. The lowest BCUT2D eigenvalue weighted by Gasteiger charge is -2.29. The van der Waals surface area contributed by atoms with Crippen molar-refractivity contribution in [2.24, 2.45) is 0 Å².